The van der Waals surface area contributed by atoms with Crippen LogP contribution in [0.4, 0.5) is 11.4 Å². The fourth-order valence-electron chi connectivity index (χ4n) is 2.34. The minimum absolute atomic E-state index is 0.00653. The Bertz CT molecular complexity index is 498. The molecule has 1 aliphatic heterocycles. The van der Waals surface area contributed by atoms with E-state index >= 15 is 0 Å². The highest BCUT2D eigenvalue weighted by Crippen LogP contribution is 2.24. The number of nitrogens with two attached hydrogens (primary N) is 1. The Labute approximate surface area is 135 Å². The smallest absolute Gasteiger partial charge is 0.225 e. The topological polar surface area (TPSA) is 58.4 Å². The van der Waals surface area contributed by atoms with E-state index in [1.807, 2.05) is 11.8 Å². The van der Waals surface area contributed by atoms with Crippen LogP contribution >= 0.6 is 23.4 Å². The standard InChI is InChI=1S/C15H22ClN3OS/c1-2-12-10-19(7-8-21-12)6-5-15(20)18-14-4-3-11(17)9-13(14)16/h3-4,9,12H,2,5-8,10,17H2,1H3,(H,18,20). The maximum Gasteiger partial charge on any atom is 0.225 e. The molecule has 0 aromatic heterocycles. The number of nitrogens with zero attached hydrogens (tertiary/aromatic N) is 1. The van der Waals surface area contributed by atoms with Crippen LogP contribution in [0.25, 0.3) is 0 Å². The Morgan fingerprint density at radius 1 is 1.57 bits per heavy atom. The minimum Gasteiger partial charge on any atom is -0.399 e. The molecule has 1 aromatic rings. The van der Waals surface area contributed by atoms with Crippen molar-refractivity contribution in [3.63, 3.8) is 0 Å². The summed E-state index contributed by atoms with van der Waals surface area (Å²) in [4.78, 5) is 14.4. The van der Waals surface area contributed by atoms with E-state index in [9.17, 15) is 4.79 Å². The molecule has 1 aliphatic rings. The predicted molar refractivity (Wildman–Crippen MR) is 92.1 cm³/mol. The van der Waals surface area contributed by atoms with Gasteiger partial charge < -0.3 is 16.0 Å². The number of carbonyl (C=O) groups excluding carboxylic acids is 1. The van der Waals surface area contributed by atoms with Gasteiger partial charge in [0.2, 0.25) is 5.91 Å². The molecular formula is C15H22ClN3OS. The van der Waals surface area contributed by atoms with Crippen molar-refractivity contribution in [2.24, 2.45) is 0 Å². The van der Waals surface area contributed by atoms with Gasteiger partial charge in [0.1, 0.15) is 0 Å². The molecule has 1 heterocycles. The van der Waals surface area contributed by atoms with Gasteiger partial charge in [-0.25, -0.2) is 0 Å². The fraction of sp³-hybridized carbons (Fsp3) is 0.533. The largest absolute Gasteiger partial charge is 0.399 e. The molecule has 2 rings (SSSR count). The summed E-state index contributed by atoms with van der Waals surface area (Å²) in [6.07, 6.45) is 1.68. The lowest BCUT2D eigenvalue weighted by Gasteiger charge is -2.31. The molecule has 1 saturated heterocycles. The SMILES string of the molecule is CCC1CN(CCC(=O)Nc2ccc(N)cc2Cl)CCS1. The summed E-state index contributed by atoms with van der Waals surface area (Å²) >= 11 is 8.09. The molecule has 1 fully saturated rings. The molecule has 0 bridgehead atoms. The van der Waals surface area contributed by atoms with Gasteiger partial charge in [0.25, 0.3) is 0 Å². The van der Waals surface area contributed by atoms with Crippen molar-refractivity contribution < 1.29 is 4.79 Å². The van der Waals surface area contributed by atoms with Crippen molar-refractivity contribution in [3.8, 4) is 0 Å². The Morgan fingerprint density at radius 2 is 2.38 bits per heavy atom. The van der Waals surface area contributed by atoms with Gasteiger partial charge in [0.15, 0.2) is 0 Å². The number of nitrogen functional groups attached to an aromatic ring is 1. The lowest BCUT2D eigenvalue weighted by Crippen LogP contribution is -2.39. The van der Waals surface area contributed by atoms with Gasteiger partial charge >= 0.3 is 0 Å². The number of benzene rings is 1. The molecule has 0 saturated carbocycles. The normalized spacial score (nSPS) is 19.4. The number of carbonyl (C=O) groups is 1. The summed E-state index contributed by atoms with van der Waals surface area (Å²) < 4.78 is 0. The second kappa shape index (κ2) is 7.92. The first-order valence-corrected chi connectivity index (χ1v) is 8.70. The van der Waals surface area contributed by atoms with Crippen LogP contribution in [-0.4, -0.2) is 41.4 Å². The molecule has 0 aliphatic carbocycles. The zero-order valence-electron chi connectivity index (χ0n) is 12.3. The van der Waals surface area contributed by atoms with Crippen LogP contribution in [0.15, 0.2) is 18.2 Å². The first-order chi connectivity index (χ1) is 10.1. The van der Waals surface area contributed by atoms with E-state index in [1.54, 1.807) is 18.2 Å². The van der Waals surface area contributed by atoms with Crippen molar-refractivity contribution in [3.05, 3.63) is 23.2 Å². The molecule has 1 unspecified atom stereocenters. The lowest BCUT2D eigenvalue weighted by atomic mass is 10.2. The second-order valence-electron chi connectivity index (χ2n) is 5.24. The Balaban J connectivity index is 1.79. The van der Waals surface area contributed by atoms with Crippen molar-refractivity contribution >= 4 is 40.6 Å². The number of nitrogens with one attached hydrogen (secondary N) is 1. The number of rotatable bonds is 5. The zero-order valence-corrected chi connectivity index (χ0v) is 13.8. The molecule has 1 atom stereocenters. The zero-order chi connectivity index (χ0) is 15.2. The Morgan fingerprint density at radius 3 is 3.10 bits per heavy atom. The summed E-state index contributed by atoms with van der Waals surface area (Å²) in [7, 11) is 0. The first kappa shape index (κ1) is 16.5. The molecule has 0 radical (unpaired) electrons. The number of thioether (sulfide) groups is 1. The van der Waals surface area contributed by atoms with Gasteiger partial charge in [-0.05, 0) is 24.6 Å². The molecule has 1 aromatic carbocycles. The van der Waals surface area contributed by atoms with E-state index in [4.69, 9.17) is 17.3 Å². The molecule has 3 N–H and O–H groups in total. The summed E-state index contributed by atoms with van der Waals surface area (Å²) in [5, 5.41) is 4.02. The third-order valence-electron chi connectivity index (χ3n) is 3.60. The third kappa shape index (κ3) is 5.09. The van der Waals surface area contributed by atoms with E-state index < -0.39 is 0 Å². The summed E-state index contributed by atoms with van der Waals surface area (Å²) in [6, 6.07) is 5.11. The molecule has 6 heteroatoms. The van der Waals surface area contributed by atoms with Crippen LogP contribution in [0.2, 0.25) is 5.02 Å². The van der Waals surface area contributed by atoms with Gasteiger partial charge in [-0.3, -0.25) is 4.79 Å². The van der Waals surface area contributed by atoms with Crippen molar-refractivity contribution in [1.29, 1.82) is 0 Å². The summed E-state index contributed by atoms with van der Waals surface area (Å²) in [5.41, 5.74) is 6.85. The number of halogens is 1. The van der Waals surface area contributed by atoms with Crippen molar-refractivity contribution in [2.75, 3.05) is 36.4 Å². The van der Waals surface area contributed by atoms with Crippen LogP contribution in [0.5, 0.6) is 0 Å². The van der Waals surface area contributed by atoms with Gasteiger partial charge in [0.05, 0.1) is 10.7 Å². The molecule has 4 nitrogen and oxygen atoms in total. The lowest BCUT2D eigenvalue weighted by molar-refractivity contribution is -0.116. The maximum absolute atomic E-state index is 12.0. The summed E-state index contributed by atoms with van der Waals surface area (Å²) in [5.74, 6) is 1.15. The number of hydrogen-bond acceptors (Lipinski definition) is 4. The summed E-state index contributed by atoms with van der Waals surface area (Å²) in [6.45, 7) is 5.17. The number of anilines is 2. The predicted octanol–water partition coefficient (Wildman–Crippen LogP) is 3.08. The van der Waals surface area contributed by atoms with E-state index in [0.717, 1.165) is 25.4 Å². The highest BCUT2D eigenvalue weighted by atomic mass is 35.5. The maximum atomic E-state index is 12.0. The first-order valence-electron chi connectivity index (χ1n) is 7.27. The van der Waals surface area contributed by atoms with Crippen LogP contribution in [0.3, 0.4) is 0 Å². The van der Waals surface area contributed by atoms with Crippen molar-refractivity contribution in [2.45, 2.75) is 25.0 Å². The highest BCUT2D eigenvalue weighted by molar-refractivity contribution is 8.00. The van der Waals surface area contributed by atoms with E-state index in [2.05, 4.69) is 17.1 Å². The Hall–Kier alpha value is -0.910. The molecule has 21 heavy (non-hydrogen) atoms. The van der Waals surface area contributed by atoms with Crippen molar-refractivity contribution in [1.82, 2.24) is 4.90 Å². The number of amides is 1. The average molecular weight is 328 g/mol. The van der Waals surface area contributed by atoms with E-state index in [0.29, 0.717) is 28.1 Å². The quantitative estimate of drug-likeness (QED) is 0.816. The van der Waals surface area contributed by atoms with Gasteiger partial charge in [-0.15, -0.1) is 0 Å². The average Bonchev–Trinajstić information content (AvgIpc) is 2.48. The van der Waals surface area contributed by atoms with Crippen LogP contribution in [0, 0.1) is 0 Å². The molecule has 1 amide bonds. The van der Waals surface area contributed by atoms with Gasteiger partial charge in [-0.2, -0.15) is 11.8 Å². The molecule has 116 valence electrons. The number of hydrogen-bond donors (Lipinski definition) is 2. The highest BCUT2D eigenvalue weighted by Gasteiger charge is 2.19. The van der Waals surface area contributed by atoms with Crippen LogP contribution in [0.1, 0.15) is 19.8 Å². The van der Waals surface area contributed by atoms with Gasteiger partial charge in [0, 0.05) is 42.7 Å². The van der Waals surface area contributed by atoms with E-state index in [-0.39, 0.29) is 5.91 Å². The Kier molecular flexibility index (Phi) is 6.21. The fourth-order valence-corrected chi connectivity index (χ4v) is 3.82. The van der Waals surface area contributed by atoms with Gasteiger partial charge in [-0.1, -0.05) is 18.5 Å². The van der Waals surface area contributed by atoms with Crippen LogP contribution < -0.4 is 11.1 Å². The van der Waals surface area contributed by atoms with E-state index in [1.165, 1.54) is 6.42 Å². The molecular weight excluding hydrogens is 306 g/mol. The minimum atomic E-state index is -0.00653. The second-order valence-corrected chi connectivity index (χ2v) is 7.05. The molecule has 0 spiro atoms. The monoisotopic (exact) mass is 327 g/mol. The third-order valence-corrected chi connectivity index (χ3v) is 5.29. The van der Waals surface area contributed by atoms with Crippen LogP contribution in [-0.2, 0) is 4.79 Å².